The molecule has 0 aliphatic heterocycles. The topological polar surface area (TPSA) is 46.5 Å². The lowest BCUT2D eigenvalue weighted by Gasteiger charge is -2.19. The van der Waals surface area contributed by atoms with Crippen LogP contribution in [-0.4, -0.2) is 5.11 Å². The highest BCUT2D eigenvalue weighted by Gasteiger charge is 2.22. The average molecular weight is 565 g/mol. The molecule has 0 atom stereocenters. The Morgan fingerprint density at radius 2 is 0.886 bits per heavy atom. The lowest BCUT2D eigenvalue weighted by atomic mass is 9.85. The van der Waals surface area contributed by atoms with Gasteiger partial charge in [-0.1, -0.05) is 97.1 Å². The van der Waals surface area contributed by atoms with E-state index < -0.39 is 0 Å². The van der Waals surface area contributed by atoms with Crippen molar-refractivity contribution in [1.29, 1.82) is 0 Å². The van der Waals surface area contributed by atoms with E-state index in [2.05, 4.69) is 91.9 Å². The zero-order chi connectivity index (χ0) is 29.1. The molecule has 0 saturated heterocycles. The van der Waals surface area contributed by atoms with Gasteiger partial charge in [0.1, 0.15) is 28.1 Å². The Labute approximate surface area is 251 Å². The van der Waals surface area contributed by atoms with Gasteiger partial charge < -0.3 is 13.9 Å². The molecule has 0 unspecified atom stereocenters. The minimum Gasteiger partial charge on any atom is -0.507 e. The number of aryl methyl sites for hydroxylation is 1. The van der Waals surface area contributed by atoms with Crippen molar-refractivity contribution in [3.05, 3.63) is 127 Å². The van der Waals surface area contributed by atoms with Crippen LogP contribution in [0.3, 0.4) is 0 Å². The van der Waals surface area contributed by atoms with Crippen molar-refractivity contribution in [3.63, 3.8) is 0 Å². The number of furan rings is 2. The van der Waals surface area contributed by atoms with Crippen molar-refractivity contribution in [1.82, 2.24) is 0 Å². The molecule has 0 bridgehead atoms. The predicted molar refractivity (Wildman–Crippen MR) is 182 cm³/mol. The van der Waals surface area contributed by atoms with Crippen LogP contribution in [0.2, 0.25) is 0 Å². The second kappa shape index (κ2) is 8.40. The van der Waals surface area contributed by atoms with Gasteiger partial charge in [-0.15, -0.1) is 0 Å². The van der Waals surface area contributed by atoms with Crippen LogP contribution in [0.5, 0.6) is 5.75 Å². The van der Waals surface area contributed by atoms with Crippen molar-refractivity contribution < 1.29 is 13.9 Å². The molecule has 0 spiro atoms. The molecule has 206 valence electrons. The van der Waals surface area contributed by atoms with Gasteiger partial charge in [-0.25, -0.2) is 0 Å². The Morgan fingerprint density at radius 3 is 1.50 bits per heavy atom. The number of hydrogen-bond donors (Lipinski definition) is 1. The molecule has 0 radical (unpaired) electrons. The second-order valence-corrected chi connectivity index (χ2v) is 11.8. The van der Waals surface area contributed by atoms with E-state index in [0.29, 0.717) is 0 Å². The lowest BCUT2D eigenvalue weighted by molar-refractivity contribution is 0.482. The first-order valence-corrected chi connectivity index (χ1v) is 14.9. The molecular formula is C41H24O3. The van der Waals surface area contributed by atoms with E-state index in [1.165, 1.54) is 10.9 Å². The monoisotopic (exact) mass is 564 g/mol. The molecule has 0 aliphatic carbocycles. The smallest absolute Gasteiger partial charge is 0.143 e. The van der Waals surface area contributed by atoms with Crippen molar-refractivity contribution in [3.8, 4) is 28.0 Å². The van der Waals surface area contributed by atoms with Gasteiger partial charge in [0.25, 0.3) is 0 Å². The third-order valence-corrected chi connectivity index (χ3v) is 9.47. The molecule has 44 heavy (non-hydrogen) atoms. The van der Waals surface area contributed by atoms with Crippen molar-refractivity contribution in [2.45, 2.75) is 6.92 Å². The highest BCUT2D eigenvalue weighted by molar-refractivity contribution is 6.30. The third-order valence-electron chi connectivity index (χ3n) is 9.47. The standard InChI is InChI=1S/C41H24O3/c1-22-20-33(30-12-6-10-28-24-8-2-4-14-36(24)43-40(28)30)26-17-18-27-34(21-35(42)32-19-16-23(22)38(26)39(27)32)31-13-7-11-29-25-9-3-5-15-37(25)44-41(29)31/h2-21,42H,1H3. The van der Waals surface area contributed by atoms with Crippen LogP contribution < -0.4 is 0 Å². The first-order chi connectivity index (χ1) is 21.7. The molecule has 10 rings (SSSR count). The number of rotatable bonds is 2. The maximum Gasteiger partial charge on any atom is 0.143 e. The summed E-state index contributed by atoms with van der Waals surface area (Å²) in [6.07, 6.45) is 0. The van der Waals surface area contributed by atoms with E-state index in [-0.39, 0.29) is 5.75 Å². The largest absolute Gasteiger partial charge is 0.507 e. The van der Waals surface area contributed by atoms with E-state index in [4.69, 9.17) is 8.83 Å². The molecule has 3 nitrogen and oxygen atoms in total. The van der Waals surface area contributed by atoms with E-state index in [0.717, 1.165) is 93.1 Å². The number of aromatic hydroxyl groups is 1. The number of fused-ring (bicyclic) bond motifs is 6. The molecule has 1 N–H and O–H groups in total. The van der Waals surface area contributed by atoms with Gasteiger partial charge in [-0.3, -0.25) is 0 Å². The zero-order valence-corrected chi connectivity index (χ0v) is 23.8. The van der Waals surface area contributed by atoms with E-state index in [9.17, 15) is 5.11 Å². The van der Waals surface area contributed by atoms with Gasteiger partial charge in [-0.05, 0) is 69.4 Å². The fraction of sp³-hybridized carbons (Fsp3) is 0.0244. The van der Waals surface area contributed by atoms with Crippen LogP contribution >= 0.6 is 0 Å². The zero-order valence-electron chi connectivity index (χ0n) is 23.8. The molecule has 2 heterocycles. The second-order valence-electron chi connectivity index (χ2n) is 11.8. The van der Waals surface area contributed by atoms with Crippen LogP contribution in [0, 0.1) is 6.92 Å². The van der Waals surface area contributed by atoms with Gasteiger partial charge in [-0.2, -0.15) is 0 Å². The summed E-state index contributed by atoms with van der Waals surface area (Å²) in [7, 11) is 0. The fourth-order valence-corrected chi connectivity index (χ4v) is 7.51. The van der Waals surface area contributed by atoms with Crippen molar-refractivity contribution in [2.75, 3.05) is 0 Å². The number of phenolic OH excluding ortho intramolecular Hbond substituents is 1. The van der Waals surface area contributed by atoms with Crippen LogP contribution in [-0.2, 0) is 0 Å². The summed E-state index contributed by atoms with van der Waals surface area (Å²) in [5.74, 6) is 0.262. The van der Waals surface area contributed by atoms with Gasteiger partial charge in [0.05, 0.1) is 0 Å². The molecule has 0 saturated carbocycles. The number of para-hydroxylation sites is 4. The van der Waals surface area contributed by atoms with E-state index in [1.54, 1.807) is 0 Å². The lowest BCUT2D eigenvalue weighted by Crippen LogP contribution is -1.92. The molecule has 2 aromatic heterocycles. The first-order valence-electron chi connectivity index (χ1n) is 14.9. The van der Waals surface area contributed by atoms with Crippen LogP contribution in [0.25, 0.3) is 98.4 Å². The van der Waals surface area contributed by atoms with Crippen LogP contribution in [0.4, 0.5) is 0 Å². The molecular weight excluding hydrogens is 540 g/mol. The normalized spacial score (nSPS) is 12.3. The summed E-state index contributed by atoms with van der Waals surface area (Å²) in [5, 5.41) is 22.4. The predicted octanol–water partition coefficient (Wildman–Crippen LogP) is 11.7. The minimum atomic E-state index is 0.262. The maximum atomic E-state index is 11.5. The number of benzene rings is 8. The summed E-state index contributed by atoms with van der Waals surface area (Å²) < 4.78 is 12.9. The average Bonchev–Trinajstić information content (AvgIpc) is 3.64. The van der Waals surface area contributed by atoms with Crippen LogP contribution in [0.1, 0.15) is 5.56 Å². The molecule has 3 heteroatoms. The molecule has 0 amide bonds. The highest BCUT2D eigenvalue weighted by Crippen LogP contribution is 2.48. The van der Waals surface area contributed by atoms with Crippen molar-refractivity contribution >= 4 is 76.2 Å². The summed E-state index contributed by atoms with van der Waals surface area (Å²) >= 11 is 0. The SMILES string of the molecule is Cc1cc(-c2cccc3c2oc2ccccc23)c2ccc3c(-c4cccc5c4oc4ccccc45)cc(O)c4ccc1c2c43. The number of hydrogen-bond acceptors (Lipinski definition) is 3. The third kappa shape index (κ3) is 3.00. The quantitative estimate of drug-likeness (QED) is 0.212. The Morgan fingerprint density at radius 1 is 0.409 bits per heavy atom. The van der Waals surface area contributed by atoms with Gasteiger partial charge in [0, 0.05) is 43.4 Å². The van der Waals surface area contributed by atoms with Gasteiger partial charge in [0.15, 0.2) is 0 Å². The first kappa shape index (κ1) is 23.7. The summed E-state index contributed by atoms with van der Waals surface area (Å²) in [4.78, 5) is 0. The summed E-state index contributed by atoms with van der Waals surface area (Å²) in [6.45, 7) is 2.17. The Balaban J connectivity index is 1.33. The maximum absolute atomic E-state index is 11.5. The highest BCUT2D eigenvalue weighted by atomic mass is 16.3. The molecule has 0 aliphatic rings. The minimum absolute atomic E-state index is 0.262. The Bertz CT molecular complexity index is 2600. The van der Waals surface area contributed by atoms with E-state index >= 15 is 0 Å². The fourth-order valence-electron chi connectivity index (χ4n) is 7.51. The summed E-state index contributed by atoms with van der Waals surface area (Å²) in [6, 6.07) is 41.8. The number of phenols is 1. The molecule has 0 fully saturated rings. The van der Waals surface area contributed by atoms with Crippen molar-refractivity contribution in [2.24, 2.45) is 0 Å². The van der Waals surface area contributed by atoms with Gasteiger partial charge in [0.2, 0.25) is 0 Å². The molecule has 10 aromatic rings. The Hall–Kier alpha value is -5.80. The molecule has 8 aromatic carbocycles. The van der Waals surface area contributed by atoms with Crippen LogP contribution in [0.15, 0.2) is 130 Å². The Kier molecular flexibility index (Phi) is 4.53. The summed E-state index contributed by atoms with van der Waals surface area (Å²) in [5.41, 5.74) is 8.76. The van der Waals surface area contributed by atoms with E-state index in [1.807, 2.05) is 36.4 Å². The van der Waals surface area contributed by atoms with Gasteiger partial charge >= 0.3 is 0 Å².